The van der Waals surface area contributed by atoms with Crippen molar-refractivity contribution >= 4 is 68.0 Å². The van der Waals surface area contributed by atoms with Gasteiger partial charge in [-0.15, -0.1) is 11.3 Å². The van der Waals surface area contributed by atoms with E-state index in [0.29, 0.717) is 22.5 Å². The van der Waals surface area contributed by atoms with Gasteiger partial charge in [0.25, 0.3) is 11.8 Å². The highest BCUT2D eigenvalue weighted by molar-refractivity contribution is 7.19. The number of amides is 2. The fourth-order valence-corrected chi connectivity index (χ4v) is 6.45. The van der Waals surface area contributed by atoms with Crippen LogP contribution >= 0.6 is 34.0 Å². The molecule has 0 atom stereocenters. The van der Waals surface area contributed by atoms with E-state index < -0.39 is 23.8 Å². The standard InChI is InChI=1S/C30H24N4O6S3/c1-3-39-27(37)23-21(17-11-7-5-8-12-17)31-29(42-23)33-25(35)19-15-16-20(41-19)26(36)34-30-32-22(18-13-9-6-10-14-18)24(43-30)28(38)40-4-2/h5-16H,3-4H2,1-2H3,(H,31,33,35)(H,32,34,36). The van der Waals surface area contributed by atoms with Gasteiger partial charge in [-0.25, -0.2) is 19.6 Å². The van der Waals surface area contributed by atoms with Crippen LogP contribution in [0.15, 0.2) is 72.8 Å². The maximum Gasteiger partial charge on any atom is 0.350 e. The molecule has 3 heterocycles. The van der Waals surface area contributed by atoms with Crippen LogP contribution in [-0.4, -0.2) is 46.9 Å². The summed E-state index contributed by atoms with van der Waals surface area (Å²) in [6, 6.07) is 21.3. The second kappa shape index (κ2) is 13.5. The molecule has 0 bridgehead atoms. The topological polar surface area (TPSA) is 137 Å². The first-order valence-corrected chi connectivity index (χ1v) is 15.5. The van der Waals surface area contributed by atoms with Gasteiger partial charge in [0, 0.05) is 11.1 Å². The monoisotopic (exact) mass is 632 g/mol. The largest absolute Gasteiger partial charge is 0.462 e. The fourth-order valence-electron chi connectivity index (χ4n) is 3.90. The highest BCUT2D eigenvalue weighted by Crippen LogP contribution is 2.34. The van der Waals surface area contributed by atoms with Crippen LogP contribution < -0.4 is 10.6 Å². The lowest BCUT2D eigenvalue weighted by molar-refractivity contribution is 0.0523. The number of hydrogen-bond donors (Lipinski definition) is 2. The third-order valence-corrected chi connectivity index (χ3v) is 8.75. The van der Waals surface area contributed by atoms with Gasteiger partial charge in [-0.1, -0.05) is 83.3 Å². The molecule has 0 fully saturated rings. The van der Waals surface area contributed by atoms with Gasteiger partial charge in [0.1, 0.15) is 9.75 Å². The van der Waals surface area contributed by atoms with E-state index in [9.17, 15) is 19.2 Å². The van der Waals surface area contributed by atoms with Gasteiger partial charge in [0.15, 0.2) is 10.3 Å². The van der Waals surface area contributed by atoms with Crippen molar-refractivity contribution in [1.29, 1.82) is 0 Å². The van der Waals surface area contributed by atoms with Gasteiger partial charge in [0.05, 0.1) is 34.4 Å². The number of carbonyl (C=O) groups is 4. The summed E-state index contributed by atoms with van der Waals surface area (Å²) in [7, 11) is 0. The van der Waals surface area contributed by atoms with Crippen LogP contribution in [0.2, 0.25) is 0 Å². The Hall–Kier alpha value is -4.72. The van der Waals surface area contributed by atoms with Crippen molar-refractivity contribution in [3.63, 3.8) is 0 Å². The first kappa shape index (κ1) is 29.8. The van der Waals surface area contributed by atoms with E-state index in [0.717, 1.165) is 34.0 Å². The number of anilines is 2. The number of hydrogen-bond acceptors (Lipinski definition) is 11. The molecular formula is C30H24N4O6S3. The minimum atomic E-state index is -0.529. The predicted octanol–water partition coefficient (Wildman–Crippen LogP) is 6.85. The number of rotatable bonds is 10. The number of ether oxygens (including phenoxy) is 2. The third-order valence-electron chi connectivity index (χ3n) is 5.76. The number of nitrogens with zero attached hydrogens (tertiary/aromatic N) is 2. The number of nitrogens with one attached hydrogen (secondary N) is 2. The second-order valence-corrected chi connectivity index (χ2v) is 11.7. The molecule has 3 aromatic heterocycles. The summed E-state index contributed by atoms with van der Waals surface area (Å²) in [5.74, 6) is -2.03. The first-order chi connectivity index (χ1) is 20.9. The lowest BCUT2D eigenvalue weighted by Gasteiger charge is -2.01. The summed E-state index contributed by atoms with van der Waals surface area (Å²) in [6.07, 6.45) is 0. The van der Waals surface area contributed by atoms with E-state index in [1.807, 2.05) is 60.7 Å². The van der Waals surface area contributed by atoms with Crippen LogP contribution in [0, 0.1) is 0 Å². The van der Waals surface area contributed by atoms with Crippen LogP contribution in [0.4, 0.5) is 10.3 Å². The number of esters is 2. The molecule has 0 aliphatic carbocycles. The highest BCUT2D eigenvalue weighted by Gasteiger charge is 2.24. The van der Waals surface area contributed by atoms with Gasteiger partial charge < -0.3 is 9.47 Å². The Morgan fingerprint density at radius 1 is 0.605 bits per heavy atom. The molecule has 218 valence electrons. The number of aromatic nitrogens is 2. The highest BCUT2D eigenvalue weighted by atomic mass is 32.1. The van der Waals surface area contributed by atoms with Gasteiger partial charge >= 0.3 is 11.9 Å². The quantitative estimate of drug-likeness (QED) is 0.160. The lowest BCUT2D eigenvalue weighted by Crippen LogP contribution is -2.11. The normalized spacial score (nSPS) is 10.7. The average molecular weight is 633 g/mol. The lowest BCUT2D eigenvalue weighted by atomic mass is 10.1. The van der Waals surface area contributed by atoms with E-state index >= 15 is 0 Å². The zero-order valence-corrected chi connectivity index (χ0v) is 25.4. The molecule has 2 N–H and O–H groups in total. The summed E-state index contributed by atoms with van der Waals surface area (Å²) in [5.41, 5.74) is 2.24. The molecule has 0 spiro atoms. The van der Waals surface area contributed by atoms with Crippen LogP contribution in [-0.2, 0) is 9.47 Å². The molecule has 5 rings (SSSR count). The maximum atomic E-state index is 13.1. The molecule has 13 heteroatoms. The summed E-state index contributed by atoms with van der Waals surface area (Å²) >= 11 is 3.00. The summed E-state index contributed by atoms with van der Waals surface area (Å²) < 4.78 is 10.4. The van der Waals surface area contributed by atoms with E-state index in [4.69, 9.17) is 9.47 Å². The zero-order chi connectivity index (χ0) is 30.3. The first-order valence-electron chi connectivity index (χ1n) is 13.1. The van der Waals surface area contributed by atoms with Crippen molar-refractivity contribution in [2.45, 2.75) is 13.8 Å². The van der Waals surface area contributed by atoms with E-state index in [-0.39, 0.29) is 43.0 Å². The molecule has 2 aromatic carbocycles. The molecule has 5 aromatic rings. The van der Waals surface area contributed by atoms with Crippen molar-refractivity contribution in [1.82, 2.24) is 9.97 Å². The van der Waals surface area contributed by atoms with Crippen LogP contribution in [0.25, 0.3) is 22.5 Å². The van der Waals surface area contributed by atoms with Crippen LogP contribution in [0.1, 0.15) is 52.5 Å². The second-order valence-electron chi connectivity index (χ2n) is 8.64. The molecule has 2 amide bonds. The van der Waals surface area contributed by atoms with Gasteiger partial charge in [-0.2, -0.15) is 0 Å². The SMILES string of the molecule is CCOC(=O)c1sc(NC(=O)c2ccc(C(=O)Nc3nc(-c4ccccc4)c(C(=O)OCC)s3)s2)nc1-c1ccccc1. The molecule has 0 saturated heterocycles. The molecule has 43 heavy (non-hydrogen) atoms. The molecular weight excluding hydrogens is 609 g/mol. The Balaban J connectivity index is 1.32. The summed E-state index contributed by atoms with van der Waals surface area (Å²) in [5, 5.41) is 5.87. The van der Waals surface area contributed by atoms with Crippen LogP contribution in [0.5, 0.6) is 0 Å². The Bertz CT molecular complexity index is 1650. The zero-order valence-electron chi connectivity index (χ0n) is 22.9. The van der Waals surface area contributed by atoms with Crippen molar-refractivity contribution in [2.75, 3.05) is 23.8 Å². The van der Waals surface area contributed by atoms with Gasteiger partial charge in [-0.3, -0.25) is 20.2 Å². The molecule has 0 aliphatic heterocycles. The molecule has 0 aliphatic rings. The summed E-state index contributed by atoms with van der Waals surface area (Å²) in [4.78, 5) is 61.3. The Kier molecular flexibility index (Phi) is 9.35. The van der Waals surface area contributed by atoms with Crippen LogP contribution in [0.3, 0.4) is 0 Å². The number of thiophene rings is 1. The number of benzene rings is 2. The molecule has 0 radical (unpaired) electrons. The smallest absolute Gasteiger partial charge is 0.350 e. The van der Waals surface area contributed by atoms with E-state index in [1.54, 1.807) is 13.8 Å². The van der Waals surface area contributed by atoms with Crippen molar-refractivity contribution in [3.05, 3.63) is 92.3 Å². The van der Waals surface area contributed by atoms with Crippen molar-refractivity contribution in [2.24, 2.45) is 0 Å². The number of thiazole rings is 2. The minimum absolute atomic E-state index is 0.200. The Morgan fingerprint density at radius 3 is 1.37 bits per heavy atom. The molecule has 0 unspecified atom stereocenters. The van der Waals surface area contributed by atoms with Crippen molar-refractivity contribution in [3.8, 4) is 22.5 Å². The predicted molar refractivity (Wildman–Crippen MR) is 167 cm³/mol. The average Bonchev–Trinajstić information content (AvgIpc) is 3.77. The minimum Gasteiger partial charge on any atom is -0.462 e. The van der Waals surface area contributed by atoms with Crippen molar-refractivity contribution < 1.29 is 28.7 Å². The van der Waals surface area contributed by atoms with E-state index in [1.165, 1.54) is 12.1 Å². The third kappa shape index (κ3) is 6.85. The van der Waals surface area contributed by atoms with Gasteiger partial charge in [-0.05, 0) is 26.0 Å². The Labute approximate surface area is 258 Å². The maximum absolute atomic E-state index is 13.1. The molecule has 0 saturated carbocycles. The molecule has 10 nitrogen and oxygen atoms in total. The summed E-state index contributed by atoms with van der Waals surface area (Å²) in [6.45, 7) is 3.82. The van der Waals surface area contributed by atoms with E-state index in [2.05, 4.69) is 20.6 Å². The van der Waals surface area contributed by atoms with Gasteiger partial charge in [0.2, 0.25) is 0 Å². The number of carbonyl (C=O) groups excluding carboxylic acids is 4. The fraction of sp³-hybridized carbons (Fsp3) is 0.133. The Morgan fingerprint density at radius 2 is 1.00 bits per heavy atom.